The van der Waals surface area contributed by atoms with Crippen molar-refractivity contribution in [2.24, 2.45) is 10.9 Å². The maximum Gasteiger partial charge on any atom is 0.254 e. The van der Waals surface area contributed by atoms with Gasteiger partial charge in [0, 0.05) is 28.5 Å². The molecule has 2 aromatic rings. The lowest BCUT2D eigenvalue weighted by Crippen LogP contribution is -2.32. The van der Waals surface area contributed by atoms with Gasteiger partial charge in [-0.05, 0) is 38.1 Å². The Labute approximate surface area is 167 Å². The topological polar surface area (TPSA) is 74.5 Å². The minimum absolute atomic E-state index is 0.0389. The predicted molar refractivity (Wildman–Crippen MR) is 106 cm³/mol. The van der Waals surface area contributed by atoms with Crippen LogP contribution in [-0.2, 0) is 4.79 Å². The molecule has 1 aliphatic rings. The highest BCUT2D eigenvalue weighted by molar-refractivity contribution is 6.08. The largest absolute Gasteiger partial charge is 0.495 e. The number of benzene rings is 2. The molecule has 0 radical (unpaired) electrons. The summed E-state index contributed by atoms with van der Waals surface area (Å²) < 4.78 is 34.5. The molecule has 0 bridgehead atoms. The molecule has 0 spiro atoms. The lowest BCUT2D eigenvalue weighted by atomic mass is 9.75. The summed E-state index contributed by atoms with van der Waals surface area (Å²) in [6, 6.07) is 12.3. The quantitative estimate of drug-likeness (QED) is 0.823. The molecule has 2 atom stereocenters. The highest BCUT2D eigenvalue weighted by Gasteiger charge is 2.40. The number of hydrogen-bond donors (Lipinski definition) is 1. The molecule has 2 unspecified atom stereocenters. The second-order valence-electron chi connectivity index (χ2n) is 6.63. The van der Waals surface area contributed by atoms with Crippen LogP contribution in [0.3, 0.4) is 0 Å². The van der Waals surface area contributed by atoms with E-state index < -0.39 is 29.4 Å². The highest BCUT2D eigenvalue weighted by atomic mass is 19.1. The summed E-state index contributed by atoms with van der Waals surface area (Å²) >= 11 is 0. The van der Waals surface area contributed by atoms with Crippen molar-refractivity contribution in [1.82, 2.24) is 0 Å². The summed E-state index contributed by atoms with van der Waals surface area (Å²) in [5.41, 5.74) is 0.809. The number of carbonyl (C=O) groups is 1. The third-order valence-electron chi connectivity index (χ3n) is 4.88. The molecule has 0 fully saturated rings. The van der Waals surface area contributed by atoms with Gasteiger partial charge in [-0.3, -0.25) is 9.79 Å². The van der Waals surface area contributed by atoms with Gasteiger partial charge in [0.2, 0.25) is 0 Å². The summed E-state index contributed by atoms with van der Waals surface area (Å²) in [7, 11) is 1.47. The fourth-order valence-electron chi connectivity index (χ4n) is 3.56. The Morgan fingerprint density at radius 1 is 1.14 bits per heavy atom. The summed E-state index contributed by atoms with van der Waals surface area (Å²) in [5, 5.41) is 12.4. The molecule has 1 N–H and O–H groups in total. The first-order valence-electron chi connectivity index (χ1n) is 8.92. The van der Waals surface area contributed by atoms with Crippen LogP contribution in [0.15, 0.2) is 58.7 Å². The minimum Gasteiger partial charge on any atom is -0.495 e. The number of nitriles is 1. The van der Waals surface area contributed by atoms with Gasteiger partial charge >= 0.3 is 0 Å². The van der Waals surface area contributed by atoms with Crippen LogP contribution < -0.4 is 10.1 Å². The van der Waals surface area contributed by atoms with Gasteiger partial charge in [-0.15, -0.1) is 0 Å². The zero-order valence-electron chi connectivity index (χ0n) is 16.2. The number of rotatable bonds is 4. The first kappa shape index (κ1) is 20.2. The van der Waals surface area contributed by atoms with E-state index in [1.807, 2.05) is 6.07 Å². The molecular formula is C22H19F2N3O2. The molecule has 0 aliphatic carbocycles. The number of nitrogens with zero attached hydrogens (tertiary/aromatic N) is 2. The second-order valence-corrected chi connectivity index (χ2v) is 6.63. The number of para-hydroxylation sites is 2. The van der Waals surface area contributed by atoms with Gasteiger partial charge in [-0.25, -0.2) is 8.78 Å². The van der Waals surface area contributed by atoms with Gasteiger partial charge in [0.15, 0.2) is 0 Å². The van der Waals surface area contributed by atoms with Crippen LogP contribution in [-0.4, -0.2) is 18.7 Å². The number of amides is 1. The number of aliphatic imine (C=N–C) groups is 1. The minimum atomic E-state index is -1.13. The van der Waals surface area contributed by atoms with Gasteiger partial charge in [0.25, 0.3) is 5.91 Å². The van der Waals surface area contributed by atoms with Crippen molar-refractivity contribution < 1.29 is 18.3 Å². The normalized spacial score (nSPS) is 18.7. The van der Waals surface area contributed by atoms with Gasteiger partial charge in [0.05, 0.1) is 24.8 Å². The molecule has 5 nitrogen and oxygen atoms in total. The fraction of sp³-hybridized carbons (Fsp3) is 0.227. The molecule has 0 aromatic heterocycles. The first-order valence-corrected chi connectivity index (χ1v) is 8.92. The van der Waals surface area contributed by atoms with Crippen LogP contribution in [0.1, 0.15) is 25.3 Å². The highest BCUT2D eigenvalue weighted by Crippen LogP contribution is 2.41. The molecule has 2 aromatic carbocycles. The molecule has 0 saturated heterocycles. The zero-order valence-corrected chi connectivity index (χ0v) is 16.2. The summed E-state index contributed by atoms with van der Waals surface area (Å²) in [4.78, 5) is 17.5. The maximum atomic E-state index is 14.6. The van der Waals surface area contributed by atoms with E-state index in [0.717, 1.165) is 12.1 Å². The molecule has 0 saturated carbocycles. The fourth-order valence-corrected chi connectivity index (χ4v) is 3.56. The average molecular weight is 395 g/mol. The molecule has 1 heterocycles. The van der Waals surface area contributed by atoms with E-state index in [0.29, 0.717) is 22.8 Å². The number of carbonyl (C=O) groups excluding carboxylic acids is 1. The van der Waals surface area contributed by atoms with E-state index in [1.54, 1.807) is 38.1 Å². The molecular weight excluding hydrogens is 376 g/mol. The third kappa shape index (κ3) is 3.74. The number of ether oxygens (including phenoxy) is 1. The smallest absolute Gasteiger partial charge is 0.254 e. The lowest BCUT2D eigenvalue weighted by Gasteiger charge is -2.30. The molecule has 1 aliphatic heterocycles. The van der Waals surface area contributed by atoms with Gasteiger partial charge in [-0.2, -0.15) is 5.26 Å². The Hall–Kier alpha value is -3.53. The van der Waals surface area contributed by atoms with Crippen LogP contribution in [0.5, 0.6) is 5.75 Å². The maximum absolute atomic E-state index is 14.6. The number of anilines is 1. The number of halogens is 2. The zero-order chi connectivity index (χ0) is 21.1. The van der Waals surface area contributed by atoms with E-state index in [-0.39, 0.29) is 11.1 Å². The van der Waals surface area contributed by atoms with Gasteiger partial charge in [0.1, 0.15) is 17.4 Å². The SMILES string of the molecule is COc1ccccc1NC(=O)C1=C(C)N=C(C)C(C#N)C1c1c(F)cccc1F. The number of methoxy groups -OCH3 is 1. The van der Waals surface area contributed by atoms with Crippen LogP contribution in [0.25, 0.3) is 0 Å². The molecule has 29 heavy (non-hydrogen) atoms. The third-order valence-corrected chi connectivity index (χ3v) is 4.88. The molecule has 7 heteroatoms. The van der Waals surface area contributed by atoms with E-state index in [1.165, 1.54) is 13.2 Å². The molecule has 148 valence electrons. The van der Waals surface area contributed by atoms with Crippen molar-refractivity contribution in [3.05, 3.63) is 70.9 Å². The van der Waals surface area contributed by atoms with Crippen molar-refractivity contribution in [1.29, 1.82) is 5.26 Å². The standard InChI is InChI=1S/C22H19F2N3O2/c1-12-14(11-25)20(21-15(23)7-6-8-16(21)24)19(13(2)26-12)22(28)27-17-9-4-5-10-18(17)29-3/h4-10,14,20H,1-3H3,(H,27,28). The van der Waals surface area contributed by atoms with E-state index >= 15 is 0 Å². The first-order chi connectivity index (χ1) is 13.9. The van der Waals surface area contributed by atoms with Gasteiger partial charge in [-0.1, -0.05) is 18.2 Å². The Bertz CT molecular complexity index is 1050. The summed E-state index contributed by atoms with van der Waals surface area (Å²) in [6.07, 6.45) is 0. The lowest BCUT2D eigenvalue weighted by molar-refractivity contribution is -0.113. The Morgan fingerprint density at radius 2 is 1.79 bits per heavy atom. The van der Waals surface area contributed by atoms with Crippen LogP contribution >= 0.6 is 0 Å². The van der Waals surface area contributed by atoms with Crippen molar-refractivity contribution in [3.8, 4) is 11.8 Å². The van der Waals surface area contributed by atoms with E-state index in [4.69, 9.17) is 4.74 Å². The predicted octanol–water partition coefficient (Wildman–Crippen LogP) is 4.58. The van der Waals surface area contributed by atoms with Gasteiger partial charge < -0.3 is 10.1 Å². The van der Waals surface area contributed by atoms with E-state index in [2.05, 4.69) is 10.3 Å². The van der Waals surface area contributed by atoms with Crippen molar-refractivity contribution in [3.63, 3.8) is 0 Å². The van der Waals surface area contributed by atoms with Crippen molar-refractivity contribution in [2.45, 2.75) is 19.8 Å². The van der Waals surface area contributed by atoms with E-state index in [9.17, 15) is 18.8 Å². The Kier molecular flexibility index (Phi) is 5.74. The Balaban J connectivity index is 2.13. The van der Waals surface area contributed by atoms with Crippen molar-refractivity contribution >= 4 is 17.3 Å². The van der Waals surface area contributed by atoms with Crippen LogP contribution in [0.2, 0.25) is 0 Å². The Morgan fingerprint density at radius 3 is 2.41 bits per heavy atom. The average Bonchev–Trinajstić information content (AvgIpc) is 2.68. The van der Waals surface area contributed by atoms with Crippen LogP contribution in [0, 0.1) is 28.9 Å². The number of allylic oxidation sites excluding steroid dienone is 1. The monoisotopic (exact) mass is 395 g/mol. The second kappa shape index (κ2) is 8.23. The number of nitrogens with one attached hydrogen (secondary N) is 1. The van der Waals surface area contributed by atoms with Crippen LogP contribution in [0.4, 0.5) is 14.5 Å². The summed E-state index contributed by atoms with van der Waals surface area (Å²) in [6.45, 7) is 3.19. The summed E-state index contributed by atoms with van der Waals surface area (Å²) in [5.74, 6) is -3.92. The molecule has 3 rings (SSSR count). The van der Waals surface area contributed by atoms with Crippen molar-refractivity contribution in [2.75, 3.05) is 12.4 Å². The number of hydrogen-bond acceptors (Lipinski definition) is 4. The molecule has 1 amide bonds.